The van der Waals surface area contributed by atoms with Crippen LogP contribution in [0.15, 0.2) is 23.4 Å². The minimum Gasteiger partial charge on any atom is -0.480 e. The molecule has 0 saturated carbocycles. The third-order valence-electron chi connectivity index (χ3n) is 4.27. The van der Waals surface area contributed by atoms with E-state index in [0.717, 1.165) is 35.2 Å². The van der Waals surface area contributed by atoms with Crippen LogP contribution in [0.25, 0.3) is 0 Å². The molecule has 1 N–H and O–H groups in total. The number of benzene rings is 1. The predicted molar refractivity (Wildman–Crippen MR) is 119 cm³/mol. The Balaban J connectivity index is 1.58. The third kappa shape index (κ3) is 6.05. The number of anilines is 1. The molecule has 1 atom stereocenters. The molecule has 176 valence electrons. The van der Waals surface area contributed by atoms with Crippen LogP contribution in [0.3, 0.4) is 0 Å². The number of amides is 1. The first kappa shape index (κ1) is 24.6. The van der Waals surface area contributed by atoms with Gasteiger partial charge in [-0.1, -0.05) is 23.1 Å². The van der Waals surface area contributed by atoms with E-state index in [1.807, 2.05) is 0 Å². The van der Waals surface area contributed by atoms with Gasteiger partial charge in [0.25, 0.3) is 0 Å². The quantitative estimate of drug-likeness (QED) is 0.350. The Labute approximate surface area is 196 Å². The number of carbonyl (C=O) groups excluding carboxylic acids is 2. The van der Waals surface area contributed by atoms with Crippen molar-refractivity contribution in [2.45, 2.75) is 32.0 Å². The second-order valence-corrected chi connectivity index (χ2v) is 8.67. The van der Waals surface area contributed by atoms with Crippen LogP contribution < -0.4 is 10.1 Å². The zero-order chi connectivity index (χ0) is 24.1. The number of carbonyl (C=O) groups is 2. The molecule has 3 rings (SSSR count). The number of hydrogen-bond donors (Lipinski definition) is 1. The lowest BCUT2D eigenvalue weighted by atomic mass is 10.3. The summed E-state index contributed by atoms with van der Waals surface area (Å²) in [4.78, 5) is 28.7. The fraction of sp³-hybridized carbons (Fsp3) is 0.350. The summed E-state index contributed by atoms with van der Waals surface area (Å²) >= 11 is 2.17. The highest BCUT2D eigenvalue weighted by Gasteiger charge is 2.21. The van der Waals surface area contributed by atoms with Crippen LogP contribution in [0.5, 0.6) is 5.75 Å². The molecule has 9 nitrogen and oxygen atoms in total. The van der Waals surface area contributed by atoms with Gasteiger partial charge in [-0.25, -0.2) is 18.6 Å². The van der Waals surface area contributed by atoms with E-state index in [2.05, 4.69) is 20.5 Å². The Morgan fingerprint density at radius 1 is 1.30 bits per heavy atom. The zero-order valence-corrected chi connectivity index (χ0v) is 19.9. The van der Waals surface area contributed by atoms with Crippen molar-refractivity contribution in [1.29, 1.82) is 0 Å². The smallest absolute Gasteiger partial charge is 0.350 e. The lowest BCUT2D eigenvalue weighted by molar-refractivity contribution is -0.113. The first-order chi connectivity index (χ1) is 15.7. The first-order valence-corrected chi connectivity index (χ1v) is 11.6. The van der Waals surface area contributed by atoms with Gasteiger partial charge in [0.05, 0.1) is 18.1 Å². The van der Waals surface area contributed by atoms with Gasteiger partial charge >= 0.3 is 5.97 Å². The maximum atomic E-state index is 13.8. The maximum absolute atomic E-state index is 13.8. The Morgan fingerprint density at radius 2 is 2.06 bits per heavy atom. The molecule has 1 amide bonds. The van der Waals surface area contributed by atoms with Crippen molar-refractivity contribution >= 4 is 40.1 Å². The van der Waals surface area contributed by atoms with Crippen molar-refractivity contribution < 1.29 is 27.8 Å². The van der Waals surface area contributed by atoms with Crippen LogP contribution >= 0.6 is 23.1 Å². The molecule has 0 radical (unpaired) electrons. The molecule has 0 spiro atoms. The van der Waals surface area contributed by atoms with Crippen LogP contribution in [0.2, 0.25) is 0 Å². The van der Waals surface area contributed by atoms with Gasteiger partial charge in [0.2, 0.25) is 5.91 Å². The molecule has 1 unspecified atom stereocenters. The number of halogens is 2. The van der Waals surface area contributed by atoms with E-state index in [0.29, 0.717) is 26.7 Å². The van der Waals surface area contributed by atoms with E-state index in [4.69, 9.17) is 9.47 Å². The van der Waals surface area contributed by atoms with E-state index >= 15 is 0 Å². The van der Waals surface area contributed by atoms with Crippen LogP contribution in [0.1, 0.15) is 41.1 Å². The Hall–Kier alpha value is -3.06. The van der Waals surface area contributed by atoms with Crippen molar-refractivity contribution in [1.82, 2.24) is 19.7 Å². The number of hydrogen-bond acceptors (Lipinski definition) is 9. The fourth-order valence-corrected chi connectivity index (χ4v) is 4.34. The van der Waals surface area contributed by atoms with Crippen molar-refractivity contribution in [2.24, 2.45) is 7.05 Å². The lowest BCUT2D eigenvalue weighted by Crippen LogP contribution is -2.14. The third-order valence-corrected chi connectivity index (χ3v) is 6.34. The molecule has 2 aromatic heterocycles. The predicted octanol–water partition coefficient (Wildman–Crippen LogP) is 3.91. The number of ether oxygens (including phenoxy) is 2. The van der Waals surface area contributed by atoms with E-state index in [9.17, 15) is 18.4 Å². The monoisotopic (exact) mass is 497 g/mol. The molecule has 13 heteroatoms. The molecule has 0 aliphatic carbocycles. The topological polar surface area (TPSA) is 108 Å². The summed E-state index contributed by atoms with van der Waals surface area (Å²) in [5, 5.41) is 11.5. The molecule has 0 bridgehead atoms. The average Bonchev–Trinajstić information content (AvgIpc) is 3.30. The van der Waals surface area contributed by atoms with E-state index in [1.165, 1.54) is 6.07 Å². The number of thioether (sulfide) groups is 1. The number of thiazole rings is 1. The second-order valence-electron chi connectivity index (χ2n) is 6.73. The number of aryl methyl sites for hydroxylation is 1. The average molecular weight is 498 g/mol. The molecule has 33 heavy (non-hydrogen) atoms. The molecular formula is C20H21F2N5O4S2. The molecule has 3 aromatic rings. The highest BCUT2D eigenvalue weighted by molar-refractivity contribution is 7.99. The largest absolute Gasteiger partial charge is 0.480 e. The van der Waals surface area contributed by atoms with Gasteiger partial charge < -0.3 is 19.4 Å². The molecular weight excluding hydrogens is 476 g/mol. The lowest BCUT2D eigenvalue weighted by Gasteiger charge is -2.14. The second kappa shape index (κ2) is 10.7. The molecule has 0 aliphatic rings. The Bertz CT molecular complexity index is 1170. The summed E-state index contributed by atoms with van der Waals surface area (Å²) in [6.45, 7) is 5.27. The van der Waals surface area contributed by atoms with Gasteiger partial charge in [0.1, 0.15) is 10.7 Å². The van der Waals surface area contributed by atoms with Crippen LogP contribution in [0.4, 0.5) is 13.9 Å². The fourth-order valence-electron chi connectivity index (χ4n) is 2.74. The molecule has 1 aromatic carbocycles. The minimum atomic E-state index is -0.821. The zero-order valence-electron chi connectivity index (χ0n) is 18.2. The number of nitrogens with one attached hydrogen (secondary N) is 1. The Kier molecular flexibility index (Phi) is 7.97. The number of nitrogens with zero attached hydrogens (tertiary/aromatic N) is 4. The van der Waals surface area contributed by atoms with Crippen molar-refractivity contribution in [2.75, 3.05) is 17.7 Å². The van der Waals surface area contributed by atoms with Gasteiger partial charge in [-0.3, -0.25) is 4.79 Å². The molecule has 0 fully saturated rings. The normalized spacial score (nSPS) is 11.8. The summed E-state index contributed by atoms with van der Waals surface area (Å²) in [5.41, 5.74) is 0.478. The summed E-state index contributed by atoms with van der Waals surface area (Å²) in [6, 6.07) is 3.03. The summed E-state index contributed by atoms with van der Waals surface area (Å²) in [6.07, 6.45) is -0.676. The summed E-state index contributed by atoms with van der Waals surface area (Å²) in [7, 11) is 1.69. The standard InChI is InChI=1S/C20H21F2N5O4S2/c1-5-30-18(29)16-10(2)23-19(33-16)24-15(28)9-32-20-26-25-17(27(20)4)11(3)31-14-7-6-12(21)8-13(14)22/h6-8,11H,5,9H2,1-4H3,(H,23,24,28). The maximum Gasteiger partial charge on any atom is 0.350 e. The van der Waals surface area contributed by atoms with Crippen molar-refractivity contribution in [3.8, 4) is 5.75 Å². The van der Waals surface area contributed by atoms with Gasteiger partial charge in [0.15, 0.2) is 33.8 Å². The van der Waals surface area contributed by atoms with Gasteiger partial charge in [0, 0.05) is 13.1 Å². The highest BCUT2D eigenvalue weighted by Crippen LogP contribution is 2.27. The van der Waals surface area contributed by atoms with Gasteiger partial charge in [-0.2, -0.15) is 0 Å². The number of esters is 1. The molecule has 0 saturated heterocycles. The van der Waals surface area contributed by atoms with Crippen LogP contribution in [-0.2, 0) is 16.6 Å². The van der Waals surface area contributed by atoms with E-state index < -0.39 is 23.7 Å². The summed E-state index contributed by atoms with van der Waals surface area (Å²) < 4.78 is 39.0. The van der Waals surface area contributed by atoms with Crippen LogP contribution in [-0.4, -0.2) is 44.0 Å². The Morgan fingerprint density at radius 3 is 2.76 bits per heavy atom. The molecule has 2 heterocycles. The molecule has 0 aliphatic heterocycles. The minimum absolute atomic E-state index is 0.0150. The summed E-state index contributed by atoms with van der Waals surface area (Å²) in [5.74, 6) is -2.04. The van der Waals surface area contributed by atoms with Gasteiger partial charge in [-0.15, -0.1) is 10.2 Å². The first-order valence-electron chi connectivity index (χ1n) is 9.77. The van der Waals surface area contributed by atoms with Crippen molar-refractivity contribution in [3.63, 3.8) is 0 Å². The number of rotatable bonds is 9. The van der Waals surface area contributed by atoms with E-state index in [-0.39, 0.29) is 24.0 Å². The SMILES string of the molecule is CCOC(=O)c1sc(NC(=O)CSc2nnc(C(C)Oc3ccc(F)cc3F)n2C)nc1C. The van der Waals surface area contributed by atoms with Gasteiger partial charge in [-0.05, 0) is 32.9 Å². The number of aromatic nitrogens is 4. The van der Waals surface area contributed by atoms with E-state index in [1.54, 1.807) is 32.4 Å². The van der Waals surface area contributed by atoms with Crippen molar-refractivity contribution in [3.05, 3.63) is 46.2 Å². The highest BCUT2D eigenvalue weighted by atomic mass is 32.2. The van der Waals surface area contributed by atoms with Crippen LogP contribution in [0, 0.1) is 18.6 Å².